The number of nitrogens with one attached hydrogen (secondary N) is 2. The molecule has 15 nitrogen and oxygen atoms in total. The fourth-order valence-corrected chi connectivity index (χ4v) is 7.36. The number of nitrogens with two attached hydrogens (primary N) is 1. The predicted octanol–water partition coefficient (Wildman–Crippen LogP) is 4.81. The van der Waals surface area contributed by atoms with Crippen molar-refractivity contribution in [2.45, 2.75) is 124 Å². The number of hydrogen-bond acceptors (Lipinski definition) is 12. The maximum Gasteiger partial charge on any atom is 0.410 e. The zero-order valence-corrected chi connectivity index (χ0v) is 37.2. The van der Waals surface area contributed by atoms with E-state index in [0.717, 1.165) is 47.4 Å². The lowest BCUT2D eigenvalue weighted by Crippen LogP contribution is -2.57. The summed E-state index contributed by atoms with van der Waals surface area (Å²) in [6.45, 7) is 17.4. The van der Waals surface area contributed by atoms with Gasteiger partial charge in [-0.3, -0.25) is 14.4 Å². The summed E-state index contributed by atoms with van der Waals surface area (Å²) in [7, 11) is 0. The van der Waals surface area contributed by atoms with Crippen molar-refractivity contribution < 1.29 is 43.2 Å². The summed E-state index contributed by atoms with van der Waals surface area (Å²) >= 11 is 1.58. The summed E-state index contributed by atoms with van der Waals surface area (Å²) in [5.41, 5.74) is 8.89. The van der Waals surface area contributed by atoms with Gasteiger partial charge in [-0.15, -0.1) is 11.3 Å². The van der Waals surface area contributed by atoms with Crippen LogP contribution in [0.5, 0.6) is 0 Å². The van der Waals surface area contributed by atoms with Crippen LogP contribution in [0.2, 0.25) is 0 Å². The van der Waals surface area contributed by atoms with Gasteiger partial charge >= 0.3 is 6.09 Å². The van der Waals surface area contributed by atoms with E-state index in [-0.39, 0.29) is 49.7 Å². The van der Waals surface area contributed by atoms with Crippen LogP contribution in [0.15, 0.2) is 29.8 Å². The molecule has 5 N–H and O–H groups in total. The lowest BCUT2D eigenvalue weighted by Gasteiger charge is -2.35. The predicted molar refractivity (Wildman–Crippen MR) is 229 cm³/mol. The molecule has 1 aliphatic heterocycles. The molecule has 0 radical (unpaired) electrons. The van der Waals surface area contributed by atoms with Gasteiger partial charge < -0.3 is 50.2 Å². The Labute approximate surface area is 355 Å². The molecule has 3 rings (SSSR count). The molecule has 0 spiro atoms. The molecule has 332 valence electrons. The maximum absolute atomic E-state index is 14.0. The SMILES string of the molecule is Cc1ncsc1-c1ccc(CNC(=O)[C@@H]2C[C@@H](O)CN2C(=O)[C@@H](NC(=O)CCCCCCCN(CCOCCOCCOCCN)C(=O)OC(C)(C)C)C(C)(C)C)cc1. The van der Waals surface area contributed by atoms with Crippen molar-refractivity contribution in [2.24, 2.45) is 11.1 Å². The van der Waals surface area contributed by atoms with Crippen LogP contribution >= 0.6 is 11.3 Å². The first-order valence-corrected chi connectivity index (χ1v) is 21.8. The Hall–Kier alpha value is -3.67. The van der Waals surface area contributed by atoms with Crippen molar-refractivity contribution in [3.63, 3.8) is 0 Å². The number of amides is 4. The Bertz CT molecular complexity index is 1580. The highest BCUT2D eigenvalue weighted by Gasteiger charge is 2.44. The third-order valence-corrected chi connectivity index (χ3v) is 10.7. The summed E-state index contributed by atoms with van der Waals surface area (Å²) in [5.74, 6) is -0.970. The molecule has 59 heavy (non-hydrogen) atoms. The first kappa shape index (κ1) is 49.7. The molecule has 4 amide bonds. The van der Waals surface area contributed by atoms with E-state index in [1.165, 1.54) is 4.90 Å². The Kier molecular flexibility index (Phi) is 21.2. The number of nitrogens with zero attached hydrogens (tertiary/aromatic N) is 3. The molecule has 1 aromatic heterocycles. The van der Waals surface area contributed by atoms with Crippen LogP contribution in [0.4, 0.5) is 4.79 Å². The number of carbonyl (C=O) groups excluding carboxylic acids is 4. The fourth-order valence-electron chi connectivity index (χ4n) is 6.55. The van der Waals surface area contributed by atoms with E-state index in [2.05, 4.69) is 15.6 Å². The molecule has 1 saturated heterocycles. The number of unbranched alkanes of at least 4 members (excludes halogenated alkanes) is 4. The van der Waals surface area contributed by atoms with E-state index in [0.29, 0.717) is 65.7 Å². The number of hydrogen-bond donors (Lipinski definition) is 4. The van der Waals surface area contributed by atoms with Gasteiger partial charge in [0.2, 0.25) is 17.7 Å². The van der Waals surface area contributed by atoms with Gasteiger partial charge in [-0.05, 0) is 57.1 Å². The molecule has 0 unspecified atom stereocenters. The van der Waals surface area contributed by atoms with Gasteiger partial charge in [0.15, 0.2) is 0 Å². The van der Waals surface area contributed by atoms with E-state index in [9.17, 15) is 24.3 Å². The molecule has 1 aromatic carbocycles. The molecule has 1 fully saturated rings. The lowest BCUT2D eigenvalue weighted by atomic mass is 9.85. The Morgan fingerprint density at radius 2 is 1.54 bits per heavy atom. The first-order chi connectivity index (χ1) is 28.0. The molecule has 16 heteroatoms. The number of aromatic nitrogens is 1. The van der Waals surface area contributed by atoms with Crippen molar-refractivity contribution in [3.05, 3.63) is 41.0 Å². The number of rotatable bonds is 25. The standard InChI is InChI=1S/C43H70N6O9S/c1-31-37(59-30-46-31)33-16-14-32(15-17-33)28-45-39(52)35-27-34(50)29-49(35)40(53)38(42(2,3)4)47-36(51)13-11-9-8-10-12-19-48(41(54)58-43(5,6)7)20-22-56-24-26-57-25-23-55-21-18-44/h14-17,30,34-35,38,50H,8-13,18-29,44H2,1-7H3,(H,45,52)(H,47,51)/t34-,35+,38-/m1/s1. The van der Waals surface area contributed by atoms with Crippen molar-refractivity contribution in [1.29, 1.82) is 0 Å². The zero-order valence-electron chi connectivity index (χ0n) is 36.4. The van der Waals surface area contributed by atoms with Gasteiger partial charge in [-0.25, -0.2) is 9.78 Å². The number of aliphatic hydroxyl groups excluding tert-OH is 1. The largest absolute Gasteiger partial charge is 0.444 e. The highest BCUT2D eigenvalue weighted by Crippen LogP contribution is 2.28. The monoisotopic (exact) mass is 846 g/mol. The molecular formula is C43H70N6O9S. The van der Waals surface area contributed by atoms with E-state index >= 15 is 0 Å². The van der Waals surface area contributed by atoms with Crippen LogP contribution in [-0.4, -0.2) is 133 Å². The van der Waals surface area contributed by atoms with E-state index in [1.54, 1.807) is 16.2 Å². The quantitative estimate of drug-likeness (QED) is 0.100. The van der Waals surface area contributed by atoms with Crippen LogP contribution in [0.25, 0.3) is 10.4 Å². The average Bonchev–Trinajstić information content (AvgIpc) is 3.79. The minimum Gasteiger partial charge on any atom is -0.444 e. The Morgan fingerprint density at radius 3 is 2.15 bits per heavy atom. The number of aryl methyl sites for hydroxylation is 1. The molecule has 0 bridgehead atoms. The van der Waals surface area contributed by atoms with Crippen LogP contribution in [-0.2, 0) is 39.9 Å². The molecule has 2 heterocycles. The van der Waals surface area contributed by atoms with Crippen molar-refractivity contribution in [1.82, 2.24) is 25.4 Å². The van der Waals surface area contributed by atoms with Gasteiger partial charge in [0.05, 0.1) is 61.8 Å². The normalized spacial score (nSPS) is 16.2. The second-order valence-corrected chi connectivity index (χ2v) is 17.9. The summed E-state index contributed by atoms with van der Waals surface area (Å²) in [6.07, 6.45) is 3.10. The Balaban J connectivity index is 1.41. The van der Waals surface area contributed by atoms with E-state index in [1.807, 2.05) is 78.2 Å². The molecule has 2 aromatic rings. The Morgan fingerprint density at radius 1 is 0.915 bits per heavy atom. The number of likely N-dealkylation sites (tertiary alicyclic amines) is 1. The number of carbonyl (C=O) groups is 4. The molecular weight excluding hydrogens is 777 g/mol. The number of thiazole rings is 1. The summed E-state index contributed by atoms with van der Waals surface area (Å²) < 4.78 is 22.0. The van der Waals surface area contributed by atoms with Crippen LogP contribution in [0, 0.1) is 12.3 Å². The second kappa shape index (κ2) is 25.2. The number of benzene rings is 1. The lowest BCUT2D eigenvalue weighted by molar-refractivity contribution is -0.144. The van der Waals surface area contributed by atoms with Crippen molar-refractivity contribution >= 4 is 35.2 Å². The van der Waals surface area contributed by atoms with Gasteiger partial charge in [-0.2, -0.15) is 0 Å². The van der Waals surface area contributed by atoms with E-state index < -0.39 is 29.2 Å². The molecule has 1 aliphatic rings. The molecule has 0 saturated carbocycles. The van der Waals surface area contributed by atoms with E-state index in [4.69, 9.17) is 24.7 Å². The van der Waals surface area contributed by atoms with Crippen LogP contribution < -0.4 is 16.4 Å². The minimum absolute atomic E-state index is 0.0159. The molecule has 0 aliphatic carbocycles. The average molecular weight is 847 g/mol. The summed E-state index contributed by atoms with van der Waals surface area (Å²) in [6, 6.07) is 6.17. The van der Waals surface area contributed by atoms with Crippen molar-refractivity contribution in [2.75, 3.05) is 65.8 Å². The second-order valence-electron chi connectivity index (χ2n) is 17.1. The maximum atomic E-state index is 14.0. The first-order valence-electron chi connectivity index (χ1n) is 21.0. The van der Waals surface area contributed by atoms with Crippen LogP contribution in [0.3, 0.4) is 0 Å². The summed E-state index contributed by atoms with van der Waals surface area (Å²) in [4.78, 5) is 62.0. The van der Waals surface area contributed by atoms with Gasteiger partial charge in [0, 0.05) is 45.6 Å². The zero-order chi connectivity index (χ0) is 43.4. The van der Waals surface area contributed by atoms with Gasteiger partial charge in [0.1, 0.15) is 17.7 Å². The topological polar surface area (TPSA) is 195 Å². The van der Waals surface area contributed by atoms with Gasteiger partial charge in [-0.1, -0.05) is 64.3 Å². The highest BCUT2D eigenvalue weighted by molar-refractivity contribution is 7.13. The fraction of sp³-hybridized carbons (Fsp3) is 0.698. The van der Waals surface area contributed by atoms with Crippen LogP contribution in [0.1, 0.15) is 97.7 Å². The summed E-state index contributed by atoms with van der Waals surface area (Å²) in [5, 5.41) is 16.5. The smallest absolute Gasteiger partial charge is 0.410 e. The van der Waals surface area contributed by atoms with Gasteiger partial charge in [0.25, 0.3) is 0 Å². The number of ether oxygens (including phenoxy) is 4. The minimum atomic E-state index is -0.880. The third-order valence-electron chi connectivity index (χ3n) is 9.71. The number of aliphatic hydroxyl groups is 1. The third kappa shape index (κ3) is 18.2. The van der Waals surface area contributed by atoms with Crippen molar-refractivity contribution in [3.8, 4) is 10.4 Å². The number of β-amino-alcohol motifs (C(OH)–C–C–N with tert-alkyl or cyclic N) is 1. The highest BCUT2D eigenvalue weighted by atomic mass is 32.1. The molecule has 3 atom stereocenters.